The van der Waals surface area contributed by atoms with E-state index in [0.717, 1.165) is 11.1 Å². The Morgan fingerprint density at radius 1 is 1.28 bits per heavy atom. The van der Waals surface area contributed by atoms with Gasteiger partial charge in [-0.25, -0.2) is 0 Å². The standard InChI is InChI=1S/C14H17NO2S/c1-14(17,12-6-7-18-9-12)10-15-8-11-4-2-3-5-13(11)16/h2-7,9,15-17H,8,10H2,1H3. The highest BCUT2D eigenvalue weighted by molar-refractivity contribution is 7.08. The van der Waals surface area contributed by atoms with Crippen molar-refractivity contribution in [2.45, 2.75) is 19.1 Å². The number of aliphatic hydroxyl groups is 1. The SMILES string of the molecule is CC(O)(CNCc1ccccc1O)c1ccsc1. The fraction of sp³-hybridized carbons (Fsp3) is 0.286. The lowest BCUT2D eigenvalue weighted by Crippen LogP contribution is -2.34. The number of thiophene rings is 1. The molecule has 1 atom stereocenters. The smallest absolute Gasteiger partial charge is 0.120 e. The minimum Gasteiger partial charge on any atom is -0.508 e. The normalized spacial score (nSPS) is 14.3. The minimum atomic E-state index is -0.885. The number of aromatic hydroxyl groups is 1. The second-order valence-corrected chi connectivity index (χ2v) is 5.30. The summed E-state index contributed by atoms with van der Waals surface area (Å²) in [4.78, 5) is 0. The lowest BCUT2D eigenvalue weighted by atomic mass is 9.99. The molecule has 18 heavy (non-hydrogen) atoms. The number of phenols is 1. The quantitative estimate of drug-likeness (QED) is 0.776. The topological polar surface area (TPSA) is 52.5 Å². The number of nitrogens with one attached hydrogen (secondary N) is 1. The summed E-state index contributed by atoms with van der Waals surface area (Å²) in [6.45, 7) is 2.76. The van der Waals surface area contributed by atoms with Crippen molar-refractivity contribution < 1.29 is 10.2 Å². The van der Waals surface area contributed by atoms with Crippen LogP contribution in [0, 0.1) is 0 Å². The molecule has 0 amide bonds. The van der Waals surface area contributed by atoms with Crippen molar-refractivity contribution in [3.8, 4) is 5.75 Å². The Bertz CT molecular complexity index is 494. The van der Waals surface area contributed by atoms with Crippen molar-refractivity contribution in [1.82, 2.24) is 5.32 Å². The molecule has 3 nitrogen and oxygen atoms in total. The number of phenolic OH excluding ortho intramolecular Hbond substituents is 1. The molecule has 1 heterocycles. The van der Waals surface area contributed by atoms with Gasteiger partial charge in [-0.05, 0) is 35.4 Å². The highest BCUT2D eigenvalue weighted by Crippen LogP contribution is 2.22. The van der Waals surface area contributed by atoms with Gasteiger partial charge in [-0.3, -0.25) is 0 Å². The lowest BCUT2D eigenvalue weighted by Gasteiger charge is -2.23. The van der Waals surface area contributed by atoms with E-state index in [2.05, 4.69) is 5.32 Å². The maximum absolute atomic E-state index is 10.3. The molecule has 2 rings (SSSR count). The molecule has 0 fully saturated rings. The third-order valence-electron chi connectivity index (χ3n) is 2.92. The zero-order chi connectivity index (χ0) is 13.0. The van der Waals surface area contributed by atoms with Crippen LogP contribution in [-0.2, 0) is 12.1 Å². The summed E-state index contributed by atoms with van der Waals surface area (Å²) in [5.41, 5.74) is 0.862. The van der Waals surface area contributed by atoms with Gasteiger partial charge in [0.1, 0.15) is 5.75 Å². The van der Waals surface area contributed by atoms with Crippen LogP contribution < -0.4 is 5.32 Å². The third-order valence-corrected chi connectivity index (χ3v) is 3.60. The van der Waals surface area contributed by atoms with Gasteiger partial charge >= 0.3 is 0 Å². The molecule has 0 bridgehead atoms. The van der Waals surface area contributed by atoms with Gasteiger partial charge in [0.15, 0.2) is 0 Å². The van der Waals surface area contributed by atoms with E-state index in [9.17, 15) is 10.2 Å². The summed E-state index contributed by atoms with van der Waals surface area (Å²) in [7, 11) is 0. The molecular formula is C14H17NO2S. The van der Waals surface area contributed by atoms with Crippen LogP contribution in [0.15, 0.2) is 41.1 Å². The zero-order valence-electron chi connectivity index (χ0n) is 10.3. The number of para-hydroxylation sites is 1. The fourth-order valence-corrected chi connectivity index (χ4v) is 2.56. The minimum absolute atomic E-state index is 0.278. The Labute approximate surface area is 111 Å². The molecule has 0 aliphatic rings. The number of hydrogen-bond acceptors (Lipinski definition) is 4. The van der Waals surface area contributed by atoms with E-state index >= 15 is 0 Å². The summed E-state index contributed by atoms with van der Waals surface area (Å²) in [6.07, 6.45) is 0. The summed E-state index contributed by atoms with van der Waals surface area (Å²) in [5, 5.41) is 27.0. The van der Waals surface area contributed by atoms with Gasteiger partial charge in [0, 0.05) is 18.7 Å². The monoisotopic (exact) mass is 263 g/mol. The first-order valence-corrected chi connectivity index (χ1v) is 6.76. The molecular weight excluding hydrogens is 246 g/mol. The van der Waals surface area contributed by atoms with Gasteiger partial charge in [-0.15, -0.1) is 0 Å². The van der Waals surface area contributed by atoms with E-state index in [1.54, 1.807) is 30.4 Å². The fourth-order valence-electron chi connectivity index (χ4n) is 1.77. The Morgan fingerprint density at radius 3 is 2.72 bits per heavy atom. The highest BCUT2D eigenvalue weighted by atomic mass is 32.1. The van der Waals surface area contributed by atoms with E-state index in [4.69, 9.17) is 0 Å². The molecule has 0 radical (unpaired) electrons. The average Bonchev–Trinajstić information content (AvgIpc) is 2.86. The average molecular weight is 263 g/mol. The molecule has 0 aliphatic carbocycles. The molecule has 0 aliphatic heterocycles. The van der Waals surface area contributed by atoms with Gasteiger partial charge in [-0.2, -0.15) is 11.3 Å². The van der Waals surface area contributed by atoms with Crippen LogP contribution in [0.5, 0.6) is 5.75 Å². The number of hydrogen-bond donors (Lipinski definition) is 3. The Hall–Kier alpha value is -1.36. The zero-order valence-corrected chi connectivity index (χ0v) is 11.1. The lowest BCUT2D eigenvalue weighted by molar-refractivity contribution is 0.0570. The van der Waals surface area contributed by atoms with Gasteiger partial charge in [-0.1, -0.05) is 18.2 Å². The van der Waals surface area contributed by atoms with Crippen molar-refractivity contribution in [2.75, 3.05) is 6.54 Å². The Morgan fingerprint density at radius 2 is 2.06 bits per heavy atom. The van der Waals surface area contributed by atoms with Gasteiger partial charge in [0.25, 0.3) is 0 Å². The maximum Gasteiger partial charge on any atom is 0.120 e. The molecule has 3 N–H and O–H groups in total. The second kappa shape index (κ2) is 5.52. The first kappa shape index (κ1) is 13.1. The number of rotatable bonds is 5. The van der Waals surface area contributed by atoms with E-state index in [1.807, 2.05) is 29.0 Å². The van der Waals surface area contributed by atoms with E-state index in [0.29, 0.717) is 13.1 Å². The first-order chi connectivity index (χ1) is 8.59. The van der Waals surface area contributed by atoms with Gasteiger partial charge in [0.2, 0.25) is 0 Å². The summed E-state index contributed by atoms with van der Waals surface area (Å²) >= 11 is 1.57. The molecule has 0 spiro atoms. The van der Waals surface area contributed by atoms with Crippen LogP contribution >= 0.6 is 11.3 Å². The van der Waals surface area contributed by atoms with Gasteiger partial charge in [0.05, 0.1) is 5.60 Å². The van der Waals surface area contributed by atoms with Crippen LogP contribution in [0.2, 0.25) is 0 Å². The second-order valence-electron chi connectivity index (χ2n) is 4.52. The molecule has 96 valence electrons. The molecule has 1 aromatic carbocycles. The third kappa shape index (κ3) is 3.10. The highest BCUT2D eigenvalue weighted by Gasteiger charge is 2.22. The molecule has 2 aromatic rings. The summed E-state index contributed by atoms with van der Waals surface area (Å²) < 4.78 is 0. The van der Waals surface area contributed by atoms with Crippen molar-refractivity contribution >= 4 is 11.3 Å². The van der Waals surface area contributed by atoms with Crippen LogP contribution in [0.3, 0.4) is 0 Å². The van der Waals surface area contributed by atoms with Crippen molar-refractivity contribution in [2.24, 2.45) is 0 Å². The van der Waals surface area contributed by atoms with Crippen LogP contribution in [0.25, 0.3) is 0 Å². The Balaban J connectivity index is 1.91. The van der Waals surface area contributed by atoms with E-state index in [-0.39, 0.29) is 5.75 Å². The largest absolute Gasteiger partial charge is 0.508 e. The van der Waals surface area contributed by atoms with Crippen LogP contribution in [0.4, 0.5) is 0 Å². The molecule has 0 saturated heterocycles. The van der Waals surface area contributed by atoms with Crippen LogP contribution in [0.1, 0.15) is 18.1 Å². The summed E-state index contributed by atoms with van der Waals surface area (Å²) in [5.74, 6) is 0.278. The van der Waals surface area contributed by atoms with Crippen molar-refractivity contribution in [1.29, 1.82) is 0 Å². The maximum atomic E-state index is 10.3. The molecule has 1 aromatic heterocycles. The van der Waals surface area contributed by atoms with Crippen molar-refractivity contribution in [3.63, 3.8) is 0 Å². The Kier molecular flexibility index (Phi) is 4.01. The predicted molar refractivity (Wildman–Crippen MR) is 73.7 cm³/mol. The van der Waals surface area contributed by atoms with Crippen molar-refractivity contribution in [3.05, 3.63) is 52.2 Å². The predicted octanol–water partition coefficient (Wildman–Crippen LogP) is 2.45. The van der Waals surface area contributed by atoms with E-state index in [1.165, 1.54) is 0 Å². The molecule has 1 unspecified atom stereocenters. The molecule has 0 saturated carbocycles. The van der Waals surface area contributed by atoms with E-state index < -0.39 is 5.60 Å². The van der Waals surface area contributed by atoms with Gasteiger partial charge < -0.3 is 15.5 Å². The first-order valence-electron chi connectivity index (χ1n) is 5.82. The number of benzene rings is 1. The molecule has 4 heteroatoms. The van der Waals surface area contributed by atoms with Crippen LogP contribution in [-0.4, -0.2) is 16.8 Å². The summed E-state index contributed by atoms with van der Waals surface area (Å²) in [6, 6.07) is 9.12.